The molecular weight excluding hydrogens is 676 g/mol. The molecule has 1 aliphatic heterocycles. The number of allylic oxidation sites excluding steroid dienone is 4. The first-order valence-electron chi connectivity index (χ1n) is 17.9. The average Bonchev–Trinajstić information content (AvgIpc) is 3.11. The highest BCUT2D eigenvalue weighted by Gasteiger charge is 2.46. The standard InChI is InChI=1S/C39H50O13/c1-2-3-4-5-6-7-8-9-10-11-12-13-14-15-16-17-31(44)49-23-30-33(45)35(47)36(48)39(51-30)52-38-34(46)32-28(43)21-25(40)22-29(32)50-37(38)24-18-19-26(41)27(42)20-24/h6-7,9-10,18-22,30,33,35-36,39-43,45,47-48H,2-5,8,11-17,23H2,1H3/b7-6-,10-9-. The fourth-order valence-electron chi connectivity index (χ4n) is 5.83. The number of phenols is 4. The quantitative estimate of drug-likeness (QED) is 0.0336. The van der Waals surface area contributed by atoms with Crippen LogP contribution in [-0.4, -0.2) is 79.0 Å². The van der Waals surface area contributed by atoms with Crippen molar-refractivity contribution in [3.05, 3.63) is 64.9 Å². The van der Waals surface area contributed by atoms with E-state index >= 15 is 0 Å². The highest BCUT2D eigenvalue weighted by molar-refractivity contribution is 5.88. The number of rotatable bonds is 19. The van der Waals surface area contributed by atoms with Gasteiger partial charge in [-0.15, -0.1) is 0 Å². The normalized spacial score (nSPS) is 20.6. The number of carbonyl (C=O) groups is 1. The van der Waals surface area contributed by atoms with Crippen LogP contribution in [0.1, 0.15) is 84.0 Å². The fraction of sp³-hybridized carbons (Fsp3) is 0.487. The van der Waals surface area contributed by atoms with Crippen LogP contribution in [0.4, 0.5) is 0 Å². The molecule has 0 amide bonds. The number of carbonyl (C=O) groups excluding carboxylic acids is 1. The minimum absolute atomic E-state index is 0.0109. The Bertz CT molecular complexity index is 1730. The summed E-state index contributed by atoms with van der Waals surface area (Å²) >= 11 is 0. The van der Waals surface area contributed by atoms with E-state index in [1.54, 1.807) is 0 Å². The maximum absolute atomic E-state index is 13.6. The van der Waals surface area contributed by atoms with Crippen LogP contribution < -0.4 is 10.2 Å². The minimum Gasteiger partial charge on any atom is -0.508 e. The maximum Gasteiger partial charge on any atom is 0.305 e. The zero-order valence-corrected chi connectivity index (χ0v) is 29.4. The molecule has 284 valence electrons. The number of aromatic hydroxyl groups is 4. The molecule has 1 aromatic heterocycles. The SMILES string of the molecule is CCCCC/C=C\C/C=C\CCCCCCCC(=O)OCC1OC(Oc2c(-c3ccc(O)c(O)c3)oc3cc(O)cc(O)c3c2=O)C(O)C(O)C1O. The zero-order valence-electron chi connectivity index (χ0n) is 29.4. The minimum atomic E-state index is -1.90. The first kappa shape index (κ1) is 40.2. The van der Waals surface area contributed by atoms with E-state index in [1.165, 1.54) is 25.3 Å². The molecule has 1 aliphatic rings. The molecule has 2 aromatic carbocycles. The van der Waals surface area contributed by atoms with Gasteiger partial charge in [-0.3, -0.25) is 9.59 Å². The highest BCUT2D eigenvalue weighted by atomic mass is 16.7. The largest absolute Gasteiger partial charge is 0.508 e. The van der Waals surface area contributed by atoms with Gasteiger partial charge >= 0.3 is 5.97 Å². The summed E-state index contributed by atoms with van der Waals surface area (Å²) in [5.74, 6) is -3.64. The van der Waals surface area contributed by atoms with Crippen LogP contribution in [0.2, 0.25) is 0 Å². The summed E-state index contributed by atoms with van der Waals surface area (Å²) in [6, 6.07) is 5.42. The van der Waals surface area contributed by atoms with Gasteiger partial charge in [-0.1, -0.05) is 63.3 Å². The molecule has 13 heteroatoms. The number of aliphatic hydroxyl groups is 3. The van der Waals surface area contributed by atoms with Gasteiger partial charge in [0.25, 0.3) is 0 Å². The van der Waals surface area contributed by atoms with Gasteiger partial charge in [-0.2, -0.15) is 0 Å². The molecule has 0 radical (unpaired) electrons. The number of fused-ring (bicyclic) bond motifs is 1. The molecule has 1 saturated heterocycles. The molecule has 52 heavy (non-hydrogen) atoms. The van der Waals surface area contributed by atoms with Gasteiger partial charge in [0.05, 0.1) is 0 Å². The number of aliphatic hydroxyl groups excluding tert-OH is 3. The number of unbranched alkanes of at least 4 members (excludes halogenated alkanes) is 8. The van der Waals surface area contributed by atoms with Gasteiger partial charge < -0.3 is 54.4 Å². The summed E-state index contributed by atoms with van der Waals surface area (Å²) < 4.78 is 22.5. The summed E-state index contributed by atoms with van der Waals surface area (Å²) in [5.41, 5.74) is -1.22. The molecule has 0 aliphatic carbocycles. The molecule has 5 atom stereocenters. The van der Waals surface area contributed by atoms with Gasteiger partial charge in [0.15, 0.2) is 17.3 Å². The van der Waals surface area contributed by atoms with Crippen molar-refractivity contribution in [2.75, 3.05) is 6.61 Å². The monoisotopic (exact) mass is 726 g/mol. The van der Waals surface area contributed by atoms with E-state index < -0.39 is 82.8 Å². The van der Waals surface area contributed by atoms with Gasteiger partial charge in [0.2, 0.25) is 17.5 Å². The van der Waals surface area contributed by atoms with Crippen molar-refractivity contribution < 1.29 is 59.2 Å². The van der Waals surface area contributed by atoms with Crippen molar-refractivity contribution in [3.8, 4) is 40.1 Å². The fourth-order valence-corrected chi connectivity index (χ4v) is 5.83. The van der Waals surface area contributed by atoms with Gasteiger partial charge in [-0.05, 0) is 56.7 Å². The third kappa shape index (κ3) is 11.0. The zero-order chi connectivity index (χ0) is 37.6. The Balaban J connectivity index is 1.31. The summed E-state index contributed by atoms with van der Waals surface area (Å²) in [7, 11) is 0. The van der Waals surface area contributed by atoms with Crippen molar-refractivity contribution >= 4 is 16.9 Å². The Hall–Kier alpha value is -4.56. The Morgan fingerprint density at radius 3 is 2.19 bits per heavy atom. The Labute approximate surface area is 302 Å². The summed E-state index contributed by atoms with van der Waals surface area (Å²) in [6.07, 6.45) is 11.8. The maximum atomic E-state index is 13.6. The molecule has 0 saturated carbocycles. The lowest BCUT2D eigenvalue weighted by Gasteiger charge is -2.39. The molecule has 7 N–H and O–H groups in total. The third-order valence-corrected chi connectivity index (χ3v) is 8.80. The van der Waals surface area contributed by atoms with E-state index in [0.717, 1.165) is 69.2 Å². The second-order valence-corrected chi connectivity index (χ2v) is 12.9. The lowest BCUT2D eigenvalue weighted by molar-refractivity contribution is -0.278. The molecule has 13 nitrogen and oxygen atoms in total. The number of ether oxygens (including phenoxy) is 3. The second kappa shape index (κ2) is 19.9. The lowest BCUT2D eigenvalue weighted by Crippen LogP contribution is -2.60. The van der Waals surface area contributed by atoms with Crippen LogP contribution in [0.15, 0.2) is 63.8 Å². The van der Waals surface area contributed by atoms with E-state index in [-0.39, 0.29) is 23.3 Å². The van der Waals surface area contributed by atoms with Crippen molar-refractivity contribution in [2.45, 2.75) is 115 Å². The Morgan fingerprint density at radius 2 is 1.48 bits per heavy atom. The third-order valence-electron chi connectivity index (χ3n) is 8.80. The van der Waals surface area contributed by atoms with Crippen LogP contribution in [0.3, 0.4) is 0 Å². The molecule has 4 rings (SSSR count). The summed E-state index contributed by atoms with van der Waals surface area (Å²) in [5, 5.41) is 71.8. The van der Waals surface area contributed by atoms with E-state index in [2.05, 4.69) is 31.2 Å². The van der Waals surface area contributed by atoms with Crippen LogP contribution in [0, 0.1) is 0 Å². The number of benzene rings is 2. The lowest BCUT2D eigenvalue weighted by atomic mass is 9.99. The molecule has 1 fully saturated rings. The highest BCUT2D eigenvalue weighted by Crippen LogP contribution is 2.39. The van der Waals surface area contributed by atoms with Crippen LogP contribution in [0.25, 0.3) is 22.3 Å². The van der Waals surface area contributed by atoms with Crippen molar-refractivity contribution in [3.63, 3.8) is 0 Å². The van der Waals surface area contributed by atoms with Crippen LogP contribution in [0.5, 0.6) is 28.7 Å². The molecule has 5 unspecified atom stereocenters. The summed E-state index contributed by atoms with van der Waals surface area (Å²) in [6.45, 7) is 1.71. The predicted octanol–water partition coefficient (Wildman–Crippen LogP) is 5.83. The smallest absolute Gasteiger partial charge is 0.305 e. The molecule has 0 spiro atoms. The first-order valence-corrected chi connectivity index (χ1v) is 17.9. The van der Waals surface area contributed by atoms with Crippen LogP contribution in [-0.2, 0) is 14.3 Å². The average molecular weight is 727 g/mol. The predicted molar refractivity (Wildman–Crippen MR) is 192 cm³/mol. The molecular formula is C39H50O13. The van der Waals surface area contributed by atoms with Crippen molar-refractivity contribution in [1.82, 2.24) is 0 Å². The number of phenolic OH excluding ortho intramolecular Hbond substituents is 4. The molecule has 2 heterocycles. The first-order chi connectivity index (χ1) is 25.0. The Morgan fingerprint density at radius 1 is 0.788 bits per heavy atom. The van der Waals surface area contributed by atoms with Crippen molar-refractivity contribution in [1.29, 1.82) is 0 Å². The van der Waals surface area contributed by atoms with E-state index in [9.17, 15) is 45.3 Å². The molecule has 0 bridgehead atoms. The topological polar surface area (TPSA) is 217 Å². The van der Waals surface area contributed by atoms with Gasteiger partial charge in [-0.25, -0.2) is 0 Å². The van der Waals surface area contributed by atoms with Crippen molar-refractivity contribution in [2.24, 2.45) is 0 Å². The van der Waals surface area contributed by atoms with Gasteiger partial charge in [0.1, 0.15) is 53.5 Å². The number of hydrogen-bond acceptors (Lipinski definition) is 13. The van der Waals surface area contributed by atoms with E-state index in [4.69, 9.17) is 18.6 Å². The second-order valence-electron chi connectivity index (χ2n) is 12.9. The Kier molecular flexibility index (Phi) is 15.4. The van der Waals surface area contributed by atoms with E-state index in [1.807, 2.05) is 0 Å². The number of esters is 1. The van der Waals surface area contributed by atoms with Gasteiger partial charge in [0, 0.05) is 24.1 Å². The molecule has 3 aromatic rings. The van der Waals surface area contributed by atoms with Crippen LogP contribution >= 0.6 is 0 Å². The summed E-state index contributed by atoms with van der Waals surface area (Å²) in [4.78, 5) is 26.1. The van der Waals surface area contributed by atoms with E-state index in [0.29, 0.717) is 6.42 Å². The number of hydrogen-bond donors (Lipinski definition) is 7.